The molecule has 0 heterocycles. The van der Waals surface area contributed by atoms with Gasteiger partial charge in [0.05, 0.1) is 5.56 Å². The first-order chi connectivity index (χ1) is 13.6. The number of carbonyl (C=O) groups is 2. The lowest BCUT2D eigenvalue weighted by atomic mass is 9.97. The Morgan fingerprint density at radius 2 is 1.57 bits per heavy atom. The van der Waals surface area contributed by atoms with Gasteiger partial charge in [0.15, 0.2) is 0 Å². The first kappa shape index (κ1) is 18.6. The molecule has 0 unspecified atom stereocenters. The second-order valence-electron chi connectivity index (χ2n) is 5.75. The number of rotatable bonds is 5. The second-order valence-corrected chi connectivity index (χ2v) is 5.75. The summed E-state index contributed by atoms with van der Waals surface area (Å²) in [6, 6.07) is 16.2. The number of hydrogen-bond donors (Lipinski definition) is 0. The van der Waals surface area contributed by atoms with Gasteiger partial charge in [-0.1, -0.05) is 43.0 Å². The van der Waals surface area contributed by atoms with Crippen molar-refractivity contribution in [3.63, 3.8) is 0 Å². The second kappa shape index (κ2) is 8.03. The van der Waals surface area contributed by atoms with Crippen LogP contribution >= 0.6 is 0 Å². The Bertz CT molecular complexity index is 1080. The maximum atomic E-state index is 12.6. The van der Waals surface area contributed by atoms with E-state index in [4.69, 9.17) is 9.47 Å². The van der Waals surface area contributed by atoms with Gasteiger partial charge in [-0.05, 0) is 22.8 Å². The van der Waals surface area contributed by atoms with E-state index in [1.54, 1.807) is 18.2 Å². The minimum Gasteiger partial charge on any atom is -0.459 e. The third-order valence-corrected chi connectivity index (χ3v) is 4.22. The average molecular weight is 370 g/mol. The van der Waals surface area contributed by atoms with Gasteiger partial charge in [-0.2, -0.15) is 10.5 Å². The normalized spacial score (nSPS) is 10.7. The number of carbonyl (C=O) groups excluding carboxylic acids is 2. The lowest BCUT2D eigenvalue weighted by Crippen LogP contribution is -2.13. The lowest BCUT2D eigenvalue weighted by molar-refractivity contribution is -0.138. The predicted octanol–water partition coefficient (Wildman–Crippen LogP) is 3.40. The van der Waals surface area contributed by atoms with Crippen molar-refractivity contribution in [2.45, 2.75) is 0 Å². The lowest BCUT2D eigenvalue weighted by Gasteiger charge is -2.10. The summed E-state index contributed by atoms with van der Waals surface area (Å²) in [6.45, 7) is 3.10. The number of ether oxygens (including phenoxy) is 2. The molecule has 0 radical (unpaired) electrons. The van der Waals surface area contributed by atoms with Crippen LogP contribution < -0.4 is 0 Å². The zero-order chi connectivity index (χ0) is 20.1. The summed E-state index contributed by atoms with van der Waals surface area (Å²) in [5, 5.41) is 18.7. The van der Waals surface area contributed by atoms with Crippen LogP contribution in [0.1, 0.15) is 21.5 Å². The van der Waals surface area contributed by atoms with Crippen LogP contribution in [0.15, 0.2) is 60.7 Å². The molecule has 0 aromatic heterocycles. The van der Waals surface area contributed by atoms with Gasteiger partial charge in [-0.15, -0.1) is 0 Å². The van der Waals surface area contributed by atoms with E-state index in [9.17, 15) is 20.1 Å². The topological polar surface area (TPSA) is 100 Å². The van der Waals surface area contributed by atoms with Crippen molar-refractivity contribution >= 4 is 17.5 Å². The van der Waals surface area contributed by atoms with Crippen LogP contribution in [-0.4, -0.2) is 25.2 Å². The molecule has 1 aliphatic carbocycles. The van der Waals surface area contributed by atoms with E-state index in [1.165, 1.54) is 0 Å². The van der Waals surface area contributed by atoms with E-state index >= 15 is 0 Å². The van der Waals surface area contributed by atoms with Crippen molar-refractivity contribution in [3.8, 4) is 23.3 Å². The maximum Gasteiger partial charge on any atom is 0.338 e. The Labute approximate surface area is 161 Å². The van der Waals surface area contributed by atoms with Crippen LogP contribution in [-0.2, 0) is 14.3 Å². The summed E-state index contributed by atoms with van der Waals surface area (Å²) in [4.78, 5) is 23.7. The zero-order valence-electron chi connectivity index (χ0n) is 14.8. The number of hydrogen-bond acceptors (Lipinski definition) is 6. The monoisotopic (exact) mass is 370 g/mol. The molecule has 0 aliphatic heterocycles. The molecule has 0 atom stereocenters. The van der Waals surface area contributed by atoms with Crippen LogP contribution in [0.25, 0.3) is 16.7 Å². The Morgan fingerprint density at radius 3 is 2.25 bits per heavy atom. The summed E-state index contributed by atoms with van der Waals surface area (Å²) in [7, 11) is 0. The molecule has 2 aromatic carbocycles. The summed E-state index contributed by atoms with van der Waals surface area (Å²) in [5.74, 6) is -1.18. The van der Waals surface area contributed by atoms with Crippen molar-refractivity contribution in [1.82, 2.24) is 0 Å². The standard InChI is InChI=1S/C22H14N2O4/c1-2-19(25)27-10-11-28-22(26)18-9-5-8-17-20(14(12-23)13-24)15-6-3-4-7-16(15)21(17)18/h2-9H,1,10-11H2. The van der Waals surface area contributed by atoms with Crippen LogP contribution in [0, 0.1) is 22.7 Å². The fourth-order valence-electron chi connectivity index (χ4n) is 3.10. The van der Waals surface area contributed by atoms with Crippen LogP contribution in [0.3, 0.4) is 0 Å². The summed E-state index contributed by atoms with van der Waals surface area (Å²) < 4.78 is 10.0. The molecule has 3 rings (SSSR count). The number of benzene rings is 2. The third-order valence-electron chi connectivity index (χ3n) is 4.22. The van der Waals surface area contributed by atoms with Gasteiger partial charge < -0.3 is 9.47 Å². The predicted molar refractivity (Wildman–Crippen MR) is 101 cm³/mol. The molecule has 136 valence electrons. The van der Waals surface area contributed by atoms with Crippen molar-refractivity contribution < 1.29 is 19.1 Å². The molecule has 6 heteroatoms. The summed E-state index contributed by atoms with van der Waals surface area (Å²) in [6.07, 6.45) is 1.03. The molecule has 1 aliphatic rings. The highest BCUT2D eigenvalue weighted by Gasteiger charge is 2.30. The van der Waals surface area contributed by atoms with Crippen molar-refractivity contribution in [2.75, 3.05) is 13.2 Å². The van der Waals surface area contributed by atoms with Crippen LogP contribution in [0.4, 0.5) is 0 Å². The highest BCUT2D eigenvalue weighted by molar-refractivity contribution is 6.10. The minimum absolute atomic E-state index is 0.0203. The highest BCUT2D eigenvalue weighted by atomic mass is 16.6. The van der Waals surface area contributed by atoms with Crippen molar-refractivity contribution in [2.24, 2.45) is 0 Å². The largest absolute Gasteiger partial charge is 0.459 e. The number of fused-ring (bicyclic) bond motifs is 3. The van der Waals surface area contributed by atoms with Gasteiger partial charge >= 0.3 is 11.9 Å². The molecule has 0 fully saturated rings. The van der Waals surface area contributed by atoms with E-state index in [0.717, 1.165) is 17.2 Å². The molecule has 0 N–H and O–H groups in total. The van der Waals surface area contributed by atoms with Crippen LogP contribution in [0.5, 0.6) is 0 Å². The SMILES string of the molecule is C=CC(=O)OCCOC(=O)c1cccc2c1-c1ccccc1C2=C(C#N)C#N. The Kier molecular flexibility index (Phi) is 5.34. The number of nitriles is 2. The van der Waals surface area contributed by atoms with Gasteiger partial charge in [0.25, 0.3) is 0 Å². The number of nitrogens with zero attached hydrogens (tertiary/aromatic N) is 2. The molecule has 0 bridgehead atoms. The smallest absolute Gasteiger partial charge is 0.338 e. The Morgan fingerprint density at radius 1 is 0.929 bits per heavy atom. The van der Waals surface area contributed by atoms with E-state index in [0.29, 0.717) is 22.3 Å². The van der Waals surface area contributed by atoms with Crippen LogP contribution in [0.2, 0.25) is 0 Å². The fraction of sp³-hybridized carbons (Fsp3) is 0.0909. The highest BCUT2D eigenvalue weighted by Crippen LogP contribution is 2.47. The number of esters is 2. The van der Waals surface area contributed by atoms with E-state index in [2.05, 4.69) is 6.58 Å². The average Bonchev–Trinajstić information content (AvgIpc) is 3.06. The quantitative estimate of drug-likeness (QED) is 0.295. The molecule has 2 aromatic rings. The summed E-state index contributed by atoms with van der Waals surface area (Å²) >= 11 is 0. The molecule has 0 saturated heterocycles. The van der Waals surface area contributed by atoms with Gasteiger partial charge in [-0.25, -0.2) is 9.59 Å². The van der Waals surface area contributed by atoms with Crippen molar-refractivity contribution in [3.05, 3.63) is 77.4 Å². The Hall–Kier alpha value is -4.16. The summed E-state index contributed by atoms with van der Waals surface area (Å²) in [5.41, 5.74) is 3.51. The molecule has 0 spiro atoms. The first-order valence-electron chi connectivity index (χ1n) is 8.36. The minimum atomic E-state index is -0.596. The van der Waals surface area contributed by atoms with E-state index in [-0.39, 0.29) is 18.8 Å². The van der Waals surface area contributed by atoms with Crippen molar-refractivity contribution in [1.29, 1.82) is 10.5 Å². The zero-order valence-corrected chi connectivity index (χ0v) is 14.8. The molecule has 6 nitrogen and oxygen atoms in total. The van der Waals surface area contributed by atoms with Gasteiger partial charge in [0.1, 0.15) is 30.9 Å². The molecular weight excluding hydrogens is 356 g/mol. The molecule has 0 amide bonds. The molecule has 0 saturated carbocycles. The third kappa shape index (κ3) is 3.27. The first-order valence-corrected chi connectivity index (χ1v) is 8.36. The fourth-order valence-corrected chi connectivity index (χ4v) is 3.10. The molecule has 28 heavy (non-hydrogen) atoms. The number of allylic oxidation sites excluding steroid dienone is 1. The molecular formula is C22H14N2O4. The van der Waals surface area contributed by atoms with E-state index < -0.39 is 11.9 Å². The van der Waals surface area contributed by atoms with Gasteiger partial charge in [0, 0.05) is 17.2 Å². The van der Waals surface area contributed by atoms with Gasteiger partial charge in [-0.3, -0.25) is 0 Å². The maximum absolute atomic E-state index is 12.6. The Balaban J connectivity index is 1.99. The van der Waals surface area contributed by atoms with E-state index in [1.807, 2.05) is 36.4 Å². The van der Waals surface area contributed by atoms with Gasteiger partial charge in [0.2, 0.25) is 0 Å².